The topological polar surface area (TPSA) is 63.2 Å². The van der Waals surface area contributed by atoms with Crippen LogP contribution in [-0.4, -0.2) is 14.3 Å². The molecule has 0 bridgehead atoms. The molecule has 0 saturated heterocycles. The first-order valence-electron chi connectivity index (χ1n) is 8.73. The second-order valence-electron chi connectivity index (χ2n) is 6.45. The fourth-order valence-electron chi connectivity index (χ4n) is 2.79. The van der Waals surface area contributed by atoms with Crippen molar-refractivity contribution in [1.29, 1.82) is 0 Å². The van der Waals surface area contributed by atoms with Crippen LogP contribution in [0.3, 0.4) is 0 Å². The summed E-state index contributed by atoms with van der Waals surface area (Å²) in [5.41, 5.74) is -0.966. The molecule has 162 valence electrons. The first-order valence-corrected chi connectivity index (χ1v) is 10.6. The Morgan fingerprint density at radius 2 is 1.68 bits per heavy atom. The lowest BCUT2D eigenvalue weighted by Crippen LogP contribution is -2.24. The van der Waals surface area contributed by atoms with E-state index in [-0.39, 0.29) is 27.6 Å². The molecule has 3 aromatic carbocycles. The number of carbonyl (C=O) groups is 1. The van der Waals surface area contributed by atoms with Gasteiger partial charge in [-0.1, -0.05) is 35.9 Å². The molecule has 4 nitrogen and oxygen atoms in total. The van der Waals surface area contributed by atoms with E-state index in [2.05, 4.69) is 5.32 Å². The van der Waals surface area contributed by atoms with Crippen LogP contribution in [0.25, 0.3) is 0 Å². The standard InChI is InChI=1S/C21H14ClF4NO3S/c22-17-9-8-13(10-18(17)23)20(28)27-12-14-4-1-2-7-19(14)31(29,30)16-6-3-5-15(11-16)21(24,25)26/h1-11H,12H2,(H,27,28). The summed E-state index contributed by atoms with van der Waals surface area (Å²) in [6.07, 6.45) is -4.70. The van der Waals surface area contributed by atoms with Crippen LogP contribution in [0.2, 0.25) is 5.02 Å². The van der Waals surface area contributed by atoms with Crippen molar-refractivity contribution in [3.8, 4) is 0 Å². The van der Waals surface area contributed by atoms with Gasteiger partial charge in [0.2, 0.25) is 9.84 Å². The zero-order chi connectivity index (χ0) is 22.8. The molecule has 0 heterocycles. The smallest absolute Gasteiger partial charge is 0.348 e. The van der Waals surface area contributed by atoms with E-state index in [0.717, 1.165) is 24.3 Å². The zero-order valence-electron chi connectivity index (χ0n) is 15.6. The average Bonchev–Trinajstić information content (AvgIpc) is 2.73. The third kappa shape index (κ3) is 5.05. The van der Waals surface area contributed by atoms with Gasteiger partial charge in [0.15, 0.2) is 0 Å². The van der Waals surface area contributed by atoms with Gasteiger partial charge in [0.1, 0.15) is 5.82 Å². The highest BCUT2D eigenvalue weighted by Gasteiger charge is 2.32. The summed E-state index contributed by atoms with van der Waals surface area (Å²) in [7, 11) is -4.31. The summed E-state index contributed by atoms with van der Waals surface area (Å²) in [4.78, 5) is 11.5. The summed E-state index contributed by atoms with van der Waals surface area (Å²) in [5, 5.41) is 2.31. The highest BCUT2D eigenvalue weighted by Crippen LogP contribution is 2.32. The first kappa shape index (κ1) is 22.8. The van der Waals surface area contributed by atoms with Crippen molar-refractivity contribution in [2.24, 2.45) is 0 Å². The number of amides is 1. The summed E-state index contributed by atoms with van der Waals surface area (Å²) in [6, 6.07) is 12.4. The third-order valence-electron chi connectivity index (χ3n) is 4.35. The van der Waals surface area contributed by atoms with Crippen LogP contribution in [0.5, 0.6) is 0 Å². The van der Waals surface area contributed by atoms with Gasteiger partial charge < -0.3 is 5.32 Å². The molecule has 10 heteroatoms. The Hall–Kier alpha value is -2.91. The van der Waals surface area contributed by atoms with Crippen molar-refractivity contribution in [1.82, 2.24) is 5.32 Å². The number of nitrogens with one attached hydrogen (secondary N) is 1. The van der Waals surface area contributed by atoms with E-state index >= 15 is 0 Å². The minimum Gasteiger partial charge on any atom is -0.348 e. The van der Waals surface area contributed by atoms with Gasteiger partial charge >= 0.3 is 6.18 Å². The van der Waals surface area contributed by atoms with E-state index in [9.17, 15) is 30.8 Å². The molecule has 1 amide bonds. The van der Waals surface area contributed by atoms with Crippen LogP contribution in [0.4, 0.5) is 17.6 Å². The predicted octanol–water partition coefficient (Wildman–Crippen LogP) is 5.26. The SMILES string of the molecule is O=C(NCc1ccccc1S(=O)(=O)c1cccc(C(F)(F)F)c1)c1ccc(Cl)c(F)c1. The normalized spacial score (nSPS) is 11.9. The molecule has 0 spiro atoms. The minimum absolute atomic E-state index is 0.0277. The number of halogens is 5. The number of sulfone groups is 1. The monoisotopic (exact) mass is 471 g/mol. The van der Waals surface area contributed by atoms with Crippen molar-refractivity contribution < 1.29 is 30.8 Å². The molecule has 0 aliphatic rings. The molecule has 0 radical (unpaired) electrons. The molecule has 0 atom stereocenters. The number of hydrogen-bond donors (Lipinski definition) is 1. The van der Waals surface area contributed by atoms with Crippen molar-refractivity contribution in [3.05, 3.63) is 94.3 Å². The maximum Gasteiger partial charge on any atom is 0.416 e. The van der Waals surface area contributed by atoms with Gasteiger partial charge in [-0.2, -0.15) is 13.2 Å². The second-order valence-corrected chi connectivity index (χ2v) is 8.77. The summed E-state index contributed by atoms with van der Waals surface area (Å²) in [6.45, 7) is -0.253. The third-order valence-corrected chi connectivity index (χ3v) is 6.51. The Morgan fingerprint density at radius 1 is 0.968 bits per heavy atom. The molecule has 0 aromatic heterocycles. The molecule has 0 fully saturated rings. The fraction of sp³-hybridized carbons (Fsp3) is 0.0952. The second kappa shape index (κ2) is 8.68. The van der Waals surface area contributed by atoms with E-state index in [1.54, 1.807) is 0 Å². The molecule has 3 aromatic rings. The van der Waals surface area contributed by atoms with Crippen molar-refractivity contribution in [2.45, 2.75) is 22.5 Å². The quantitative estimate of drug-likeness (QED) is 0.516. The molecule has 0 saturated carbocycles. The number of benzene rings is 3. The van der Waals surface area contributed by atoms with E-state index in [1.165, 1.54) is 36.4 Å². The highest BCUT2D eigenvalue weighted by atomic mass is 35.5. The Morgan fingerprint density at radius 3 is 2.35 bits per heavy atom. The number of alkyl halides is 3. The van der Waals surface area contributed by atoms with E-state index < -0.39 is 38.2 Å². The maximum atomic E-state index is 13.6. The predicted molar refractivity (Wildman–Crippen MR) is 106 cm³/mol. The van der Waals surface area contributed by atoms with Gasteiger partial charge in [0.05, 0.1) is 20.4 Å². The molecule has 0 aliphatic heterocycles. The zero-order valence-corrected chi connectivity index (χ0v) is 17.2. The van der Waals surface area contributed by atoms with Crippen molar-refractivity contribution >= 4 is 27.3 Å². The summed E-state index contributed by atoms with van der Waals surface area (Å²) < 4.78 is 78.5. The number of rotatable bonds is 5. The molecule has 0 aliphatic carbocycles. The van der Waals surface area contributed by atoms with Crippen LogP contribution < -0.4 is 5.32 Å². The van der Waals surface area contributed by atoms with Crippen molar-refractivity contribution in [2.75, 3.05) is 0 Å². The van der Waals surface area contributed by atoms with Gasteiger partial charge in [-0.15, -0.1) is 0 Å². The van der Waals surface area contributed by atoms with E-state index in [1.807, 2.05) is 0 Å². The Balaban J connectivity index is 1.89. The largest absolute Gasteiger partial charge is 0.416 e. The van der Waals surface area contributed by atoms with Gasteiger partial charge in [-0.05, 0) is 48.0 Å². The molecule has 1 N–H and O–H groups in total. The Labute approximate surface area is 180 Å². The Bertz CT molecular complexity index is 1240. The number of carbonyl (C=O) groups excluding carboxylic acids is 1. The Kier molecular flexibility index (Phi) is 6.38. The van der Waals surface area contributed by atoms with Crippen LogP contribution in [-0.2, 0) is 22.6 Å². The lowest BCUT2D eigenvalue weighted by Gasteiger charge is -2.13. The molecular formula is C21H14ClF4NO3S. The first-order chi connectivity index (χ1) is 14.5. The lowest BCUT2D eigenvalue weighted by atomic mass is 10.2. The summed E-state index contributed by atoms with van der Waals surface area (Å²) in [5.74, 6) is -1.47. The van der Waals surface area contributed by atoms with Crippen LogP contribution in [0, 0.1) is 5.82 Å². The summed E-state index contributed by atoms with van der Waals surface area (Å²) >= 11 is 5.58. The van der Waals surface area contributed by atoms with Gasteiger partial charge in [0.25, 0.3) is 5.91 Å². The van der Waals surface area contributed by atoms with Crippen LogP contribution in [0.15, 0.2) is 76.5 Å². The van der Waals surface area contributed by atoms with E-state index in [0.29, 0.717) is 6.07 Å². The van der Waals surface area contributed by atoms with Gasteiger partial charge in [-0.3, -0.25) is 4.79 Å². The molecule has 3 rings (SSSR count). The van der Waals surface area contributed by atoms with Crippen LogP contribution in [0.1, 0.15) is 21.5 Å². The lowest BCUT2D eigenvalue weighted by molar-refractivity contribution is -0.137. The fourth-order valence-corrected chi connectivity index (χ4v) is 4.45. The number of hydrogen-bond acceptors (Lipinski definition) is 3. The van der Waals surface area contributed by atoms with Crippen LogP contribution >= 0.6 is 11.6 Å². The van der Waals surface area contributed by atoms with E-state index in [4.69, 9.17) is 11.6 Å². The van der Waals surface area contributed by atoms with Crippen molar-refractivity contribution in [3.63, 3.8) is 0 Å². The highest BCUT2D eigenvalue weighted by molar-refractivity contribution is 7.91. The van der Waals surface area contributed by atoms with Gasteiger partial charge in [-0.25, -0.2) is 12.8 Å². The van der Waals surface area contributed by atoms with Gasteiger partial charge in [0, 0.05) is 12.1 Å². The molecule has 0 unspecified atom stereocenters. The molecular weight excluding hydrogens is 458 g/mol. The minimum atomic E-state index is -4.70. The average molecular weight is 472 g/mol. The maximum absolute atomic E-state index is 13.6. The molecule has 31 heavy (non-hydrogen) atoms.